The molecule has 0 aliphatic rings. The van der Waals surface area contributed by atoms with E-state index in [2.05, 4.69) is 5.32 Å². The van der Waals surface area contributed by atoms with Crippen LogP contribution < -0.4 is 10.1 Å². The van der Waals surface area contributed by atoms with E-state index in [1.807, 2.05) is 0 Å². The normalized spacial score (nSPS) is 10.2. The number of methoxy groups -OCH3 is 1. The molecule has 0 saturated heterocycles. The van der Waals surface area contributed by atoms with E-state index < -0.39 is 5.91 Å². The van der Waals surface area contributed by atoms with Crippen molar-refractivity contribution in [2.45, 2.75) is 0 Å². The summed E-state index contributed by atoms with van der Waals surface area (Å²) in [5, 5.41) is 3.17. The highest BCUT2D eigenvalue weighted by atomic mass is 35.5. The van der Waals surface area contributed by atoms with Crippen LogP contribution in [0, 0.1) is 5.82 Å². The number of halogens is 3. The Bertz CT molecular complexity index is 644. The van der Waals surface area contributed by atoms with Gasteiger partial charge in [-0.3, -0.25) is 4.79 Å². The first-order chi connectivity index (χ1) is 9.51. The van der Waals surface area contributed by atoms with Gasteiger partial charge in [-0.2, -0.15) is 0 Å². The summed E-state index contributed by atoms with van der Waals surface area (Å²) in [5.74, 6) is -0.597. The fourth-order valence-corrected chi connectivity index (χ4v) is 2.24. The van der Waals surface area contributed by atoms with Crippen molar-refractivity contribution in [2.24, 2.45) is 0 Å². The number of rotatable bonds is 3. The second kappa shape index (κ2) is 6.11. The van der Waals surface area contributed by atoms with Gasteiger partial charge in [0, 0.05) is 10.7 Å². The topological polar surface area (TPSA) is 38.3 Å². The van der Waals surface area contributed by atoms with Gasteiger partial charge >= 0.3 is 0 Å². The Labute approximate surface area is 125 Å². The zero-order chi connectivity index (χ0) is 14.7. The molecule has 3 nitrogen and oxygen atoms in total. The van der Waals surface area contributed by atoms with Gasteiger partial charge in [-0.25, -0.2) is 4.39 Å². The molecule has 20 heavy (non-hydrogen) atoms. The maximum atomic E-state index is 12.8. The number of hydrogen-bond donors (Lipinski definition) is 1. The first-order valence-electron chi connectivity index (χ1n) is 5.61. The largest absolute Gasteiger partial charge is 0.494 e. The molecular formula is C14H10Cl2FNO2. The molecule has 104 valence electrons. The Hall–Kier alpha value is -1.78. The summed E-state index contributed by atoms with van der Waals surface area (Å²) in [7, 11) is 1.41. The smallest absolute Gasteiger partial charge is 0.259 e. The average molecular weight is 314 g/mol. The van der Waals surface area contributed by atoms with Crippen molar-refractivity contribution in [3.8, 4) is 5.75 Å². The number of anilines is 1. The molecule has 0 aliphatic carbocycles. The summed E-state index contributed by atoms with van der Waals surface area (Å²) < 4.78 is 17.9. The lowest BCUT2D eigenvalue weighted by atomic mass is 10.1. The van der Waals surface area contributed by atoms with E-state index >= 15 is 0 Å². The van der Waals surface area contributed by atoms with Gasteiger partial charge in [0.25, 0.3) is 5.91 Å². The highest BCUT2D eigenvalue weighted by Gasteiger charge is 2.16. The minimum Gasteiger partial charge on any atom is -0.494 e. The standard InChI is InChI=1S/C14H10Cl2FNO2/c1-20-13-11(6-8(15)7-12(13)16)14(19)18-10-4-2-9(17)3-5-10/h2-7H,1H3,(H,18,19). The number of carbonyl (C=O) groups is 1. The minimum atomic E-state index is -0.446. The minimum absolute atomic E-state index is 0.203. The fraction of sp³-hybridized carbons (Fsp3) is 0.0714. The molecule has 2 aromatic carbocycles. The van der Waals surface area contributed by atoms with Gasteiger partial charge < -0.3 is 10.1 Å². The second-order valence-electron chi connectivity index (χ2n) is 3.93. The van der Waals surface area contributed by atoms with Crippen molar-refractivity contribution < 1.29 is 13.9 Å². The van der Waals surface area contributed by atoms with Crippen molar-refractivity contribution in [3.63, 3.8) is 0 Å². The Morgan fingerprint density at radius 3 is 2.45 bits per heavy atom. The molecule has 0 aromatic heterocycles. The highest BCUT2D eigenvalue weighted by molar-refractivity contribution is 6.36. The molecule has 0 atom stereocenters. The molecule has 0 unspecified atom stereocenters. The number of nitrogens with one attached hydrogen (secondary N) is 1. The number of amides is 1. The lowest BCUT2D eigenvalue weighted by Gasteiger charge is -2.11. The van der Waals surface area contributed by atoms with Crippen molar-refractivity contribution in [1.29, 1.82) is 0 Å². The van der Waals surface area contributed by atoms with Gasteiger partial charge in [-0.1, -0.05) is 23.2 Å². The Balaban J connectivity index is 2.31. The third kappa shape index (κ3) is 3.21. The van der Waals surface area contributed by atoms with Crippen LogP contribution in [0.15, 0.2) is 36.4 Å². The van der Waals surface area contributed by atoms with Crippen molar-refractivity contribution in [3.05, 3.63) is 57.8 Å². The predicted octanol–water partition coefficient (Wildman–Crippen LogP) is 4.39. The monoisotopic (exact) mass is 313 g/mol. The molecule has 0 fully saturated rings. The van der Waals surface area contributed by atoms with E-state index in [4.69, 9.17) is 27.9 Å². The zero-order valence-electron chi connectivity index (χ0n) is 10.4. The summed E-state index contributed by atoms with van der Waals surface area (Å²) in [6.07, 6.45) is 0. The molecule has 0 heterocycles. The number of carbonyl (C=O) groups excluding carboxylic acids is 1. The van der Waals surface area contributed by atoms with Crippen molar-refractivity contribution in [2.75, 3.05) is 12.4 Å². The Morgan fingerprint density at radius 1 is 1.20 bits per heavy atom. The van der Waals surface area contributed by atoms with Crippen LogP contribution in [0.5, 0.6) is 5.75 Å². The Morgan fingerprint density at radius 2 is 1.85 bits per heavy atom. The quantitative estimate of drug-likeness (QED) is 0.912. The maximum absolute atomic E-state index is 12.8. The lowest BCUT2D eigenvalue weighted by Crippen LogP contribution is -2.13. The summed E-state index contributed by atoms with van der Waals surface area (Å²) in [5.41, 5.74) is 0.656. The predicted molar refractivity (Wildman–Crippen MR) is 77.4 cm³/mol. The van der Waals surface area contributed by atoms with Gasteiger partial charge in [-0.05, 0) is 36.4 Å². The van der Waals surface area contributed by atoms with E-state index in [0.29, 0.717) is 10.7 Å². The molecule has 0 radical (unpaired) electrons. The van der Waals surface area contributed by atoms with E-state index in [1.165, 1.54) is 43.5 Å². The van der Waals surface area contributed by atoms with E-state index in [-0.39, 0.29) is 22.2 Å². The summed E-state index contributed by atoms with van der Waals surface area (Å²) in [6, 6.07) is 8.33. The van der Waals surface area contributed by atoms with E-state index in [0.717, 1.165) is 0 Å². The molecule has 0 bridgehead atoms. The molecule has 6 heteroatoms. The zero-order valence-corrected chi connectivity index (χ0v) is 11.9. The van der Waals surface area contributed by atoms with Crippen LogP contribution in [0.4, 0.5) is 10.1 Å². The molecule has 0 spiro atoms. The van der Waals surface area contributed by atoms with Gasteiger partial charge in [0.05, 0.1) is 17.7 Å². The molecule has 0 saturated carbocycles. The van der Waals surface area contributed by atoms with Crippen LogP contribution in [-0.2, 0) is 0 Å². The molecular weight excluding hydrogens is 304 g/mol. The average Bonchev–Trinajstić information content (AvgIpc) is 2.40. The van der Waals surface area contributed by atoms with Crippen LogP contribution in [-0.4, -0.2) is 13.0 Å². The maximum Gasteiger partial charge on any atom is 0.259 e. The summed E-state index contributed by atoms with van der Waals surface area (Å²) in [4.78, 5) is 12.2. The number of ether oxygens (including phenoxy) is 1. The molecule has 0 aliphatic heterocycles. The van der Waals surface area contributed by atoms with Crippen LogP contribution >= 0.6 is 23.2 Å². The molecule has 2 rings (SSSR count). The van der Waals surface area contributed by atoms with Gasteiger partial charge in [-0.15, -0.1) is 0 Å². The van der Waals surface area contributed by atoms with Crippen LogP contribution in [0.3, 0.4) is 0 Å². The number of hydrogen-bond acceptors (Lipinski definition) is 2. The lowest BCUT2D eigenvalue weighted by molar-refractivity contribution is 0.102. The van der Waals surface area contributed by atoms with Gasteiger partial charge in [0.2, 0.25) is 0 Å². The van der Waals surface area contributed by atoms with Crippen molar-refractivity contribution in [1.82, 2.24) is 0 Å². The third-order valence-corrected chi connectivity index (χ3v) is 3.06. The molecule has 1 amide bonds. The SMILES string of the molecule is COc1c(Cl)cc(Cl)cc1C(=O)Nc1ccc(F)cc1. The van der Waals surface area contributed by atoms with Crippen molar-refractivity contribution >= 4 is 34.8 Å². The summed E-state index contributed by atoms with van der Waals surface area (Å²) >= 11 is 11.8. The van der Waals surface area contributed by atoms with Crippen LogP contribution in [0.25, 0.3) is 0 Å². The Kier molecular flexibility index (Phi) is 4.47. The molecule has 2 aromatic rings. The summed E-state index contributed by atoms with van der Waals surface area (Å²) in [6.45, 7) is 0. The number of benzene rings is 2. The molecule has 1 N–H and O–H groups in total. The van der Waals surface area contributed by atoms with E-state index in [1.54, 1.807) is 0 Å². The van der Waals surface area contributed by atoms with Crippen LogP contribution in [0.2, 0.25) is 10.0 Å². The first kappa shape index (κ1) is 14.6. The first-order valence-corrected chi connectivity index (χ1v) is 6.37. The van der Waals surface area contributed by atoms with Crippen LogP contribution in [0.1, 0.15) is 10.4 Å². The van der Waals surface area contributed by atoms with Gasteiger partial charge in [0.1, 0.15) is 11.6 Å². The third-order valence-electron chi connectivity index (χ3n) is 2.56. The van der Waals surface area contributed by atoms with Gasteiger partial charge in [0.15, 0.2) is 0 Å². The fourth-order valence-electron chi connectivity index (χ4n) is 1.67. The van der Waals surface area contributed by atoms with E-state index in [9.17, 15) is 9.18 Å². The second-order valence-corrected chi connectivity index (χ2v) is 4.77. The highest BCUT2D eigenvalue weighted by Crippen LogP contribution is 2.32.